The Bertz CT molecular complexity index is 714. The van der Waals surface area contributed by atoms with Crippen LogP contribution in [-0.4, -0.2) is 27.3 Å². The van der Waals surface area contributed by atoms with Crippen molar-refractivity contribution in [3.63, 3.8) is 0 Å². The molecular formula is C19H21N3O. The Balaban J connectivity index is 1.61. The van der Waals surface area contributed by atoms with Gasteiger partial charge in [0.25, 0.3) is 5.91 Å². The molecule has 2 aliphatic rings. The average molecular weight is 307 g/mol. The molecule has 4 nitrogen and oxygen atoms in total. The first-order chi connectivity index (χ1) is 11.3. The van der Waals surface area contributed by atoms with Gasteiger partial charge in [0.15, 0.2) is 0 Å². The molecule has 0 radical (unpaired) electrons. The number of rotatable bonds is 2. The molecule has 118 valence electrons. The van der Waals surface area contributed by atoms with E-state index in [1.807, 2.05) is 11.0 Å². The molecule has 1 aliphatic heterocycles. The smallest absolute Gasteiger partial charge is 0.254 e. The van der Waals surface area contributed by atoms with Gasteiger partial charge in [0.2, 0.25) is 0 Å². The topological polar surface area (TPSA) is 46.1 Å². The summed E-state index contributed by atoms with van der Waals surface area (Å²) >= 11 is 0. The fraction of sp³-hybridized carbons (Fsp3) is 0.421. The first-order valence-electron chi connectivity index (χ1n) is 8.51. The highest BCUT2D eigenvalue weighted by atomic mass is 16.2. The molecular weight excluding hydrogens is 286 g/mol. The first kappa shape index (κ1) is 14.4. The predicted molar refractivity (Wildman–Crippen MR) is 88.1 cm³/mol. The van der Waals surface area contributed by atoms with Crippen LogP contribution >= 0.6 is 0 Å². The van der Waals surface area contributed by atoms with E-state index in [0.29, 0.717) is 0 Å². The summed E-state index contributed by atoms with van der Waals surface area (Å²) in [5, 5.41) is 0. The fourth-order valence-electron chi connectivity index (χ4n) is 3.83. The molecule has 1 saturated heterocycles. The van der Waals surface area contributed by atoms with Crippen LogP contribution in [0.5, 0.6) is 0 Å². The first-order valence-corrected chi connectivity index (χ1v) is 8.51. The number of nitrogens with zero attached hydrogens (tertiary/aromatic N) is 3. The van der Waals surface area contributed by atoms with E-state index in [1.165, 1.54) is 24.0 Å². The number of hydrogen-bond acceptors (Lipinski definition) is 3. The zero-order valence-corrected chi connectivity index (χ0v) is 13.2. The van der Waals surface area contributed by atoms with Crippen LogP contribution in [0, 0.1) is 0 Å². The second-order valence-electron chi connectivity index (χ2n) is 6.48. The number of amides is 1. The van der Waals surface area contributed by atoms with Crippen LogP contribution < -0.4 is 0 Å². The third-order valence-corrected chi connectivity index (χ3v) is 5.03. The number of aryl methyl sites for hydroxylation is 2. The van der Waals surface area contributed by atoms with E-state index in [9.17, 15) is 4.79 Å². The van der Waals surface area contributed by atoms with Crippen molar-refractivity contribution in [2.75, 3.05) is 6.54 Å². The largest absolute Gasteiger partial charge is 0.330 e. The van der Waals surface area contributed by atoms with Crippen LogP contribution in [0.15, 0.2) is 36.8 Å². The van der Waals surface area contributed by atoms with Gasteiger partial charge in [0, 0.05) is 24.5 Å². The number of hydrogen-bond donors (Lipinski definition) is 0. The molecule has 0 N–H and O–H groups in total. The normalized spacial score (nSPS) is 20.3. The quantitative estimate of drug-likeness (QED) is 0.855. The highest BCUT2D eigenvalue weighted by Crippen LogP contribution is 2.32. The van der Waals surface area contributed by atoms with E-state index in [1.54, 1.807) is 18.6 Å². The Kier molecular flexibility index (Phi) is 3.82. The van der Waals surface area contributed by atoms with Crippen molar-refractivity contribution in [3.05, 3.63) is 59.2 Å². The van der Waals surface area contributed by atoms with Crippen LogP contribution in [0.3, 0.4) is 0 Å². The highest BCUT2D eigenvalue weighted by molar-refractivity contribution is 5.95. The molecule has 4 heteroatoms. The van der Waals surface area contributed by atoms with Gasteiger partial charge in [-0.2, -0.15) is 0 Å². The van der Waals surface area contributed by atoms with E-state index < -0.39 is 0 Å². The number of benzene rings is 1. The lowest BCUT2D eigenvalue weighted by Crippen LogP contribution is -2.31. The number of aromatic nitrogens is 2. The molecule has 0 spiro atoms. The third-order valence-electron chi connectivity index (χ3n) is 5.03. The second-order valence-corrected chi connectivity index (χ2v) is 6.48. The molecule has 1 aliphatic carbocycles. The maximum absolute atomic E-state index is 13.0. The fourth-order valence-corrected chi connectivity index (χ4v) is 3.83. The van der Waals surface area contributed by atoms with Crippen LogP contribution in [0.4, 0.5) is 0 Å². The predicted octanol–water partition coefficient (Wildman–Crippen LogP) is 3.33. The third kappa shape index (κ3) is 2.74. The molecule has 2 heterocycles. The lowest BCUT2D eigenvalue weighted by molar-refractivity contribution is 0.0732. The van der Waals surface area contributed by atoms with E-state index in [4.69, 9.17) is 0 Å². The number of likely N-dealkylation sites (tertiary alicyclic amines) is 1. The highest BCUT2D eigenvalue weighted by Gasteiger charge is 2.31. The molecule has 0 bridgehead atoms. The van der Waals surface area contributed by atoms with Crippen molar-refractivity contribution in [2.24, 2.45) is 0 Å². The van der Waals surface area contributed by atoms with Crippen LogP contribution in [-0.2, 0) is 12.8 Å². The zero-order chi connectivity index (χ0) is 15.6. The van der Waals surface area contributed by atoms with Gasteiger partial charge in [-0.1, -0.05) is 6.07 Å². The summed E-state index contributed by atoms with van der Waals surface area (Å²) in [6, 6.07) is 6.32. The molecule has 1 aromatic carbocycles. The summed E-state index contributed by atoms with van der Waals surface area (Å²) in [4.78, 5) is 23.5. The molecule has 0 unspecified atom stereocenters. The monoisotopic (exact) mass is 307 g/mol. The van der Waals surface area contributed by atoms with E-state index in [0.717, 1.165) is 43.5 Å². The van der Waals surface area contributed by atoms with E-state index in [-0.39, 0.29) is 11.9 Å². The van der Waals surface area contributed by atoms with Crippen molar-refractivity contribution in [3.8, 4) is 0 Å². The summed E-state index contributed by atoms with van der Waals surface area (Å²) in [5.74, 6) is 0.131. The van der Waals surface area contributed by atoms with Gasteiger partial charge in [-0.05, 0) is 61.8 Å². The minimum Gasteiger partial charge on any atom is -0.330 e. The lowest BCUT2D eigenvalue weighted by atomic mass is 9.90. The van der Waals surface area contributed by atoms with E-state index >= 15 is 0 Å². The van der Waals surface area contributed by atoms with Gasteiger partial charge >= 0.3 is 0 Å². The van der Waals surface area contributed by atoms with Gasteiger partial charge in [-0.15, -0.1) is 0 Å². The maximum atomic E-state index is 13.0. The molecule has 23 heavy (non-hydrogen) atoms. The molecule has 1 fully saturated rings. The number of carbonyl (C=O) groups is 1. The van der Waals surface area contributed by atoms with Crippen molar-refractivity contribution < 1.29 is 4.79 Å². The van der Waals surface area contributed by atoms with Gasteiger partial charge in [-0.25, -0.2) is 0 Å². The Hall–Kier alpha value is -2.23. The zero-order valence-electron chi connectivity index (χ0n) is 13.2. The minimum absolute atomic E-state index is 0.0623. The van der Waals surface area contributed by atoms with Crippen LogP contribution in [0.1, 0.15) is 58.9 Å². The minimum atomic E-state index is 0.0623. The molecule has 1 atom stereocenters. The molecule has 0 saturated carbocycles. The Morgan fingerprint density at radius 1 is 1.09 bits per heavy atom. The SMILES string of the molecule is O=C(c1ccc2c(c1)CCCC2)N1CCC[C@@H]1c1cnccn1. The summed E-state index contributed by atoms with van der Waals surface area (Å²) in [7, 11) is 0. The standard InChI is InChI=1S/C19H21N3O/c23-19(16-8-7-14-4-1-2-5-15(14)12-16)22-11-3-6-18(22)17-13-20-9-10-21-17/h7-10,12-13,18H,1-6,11H2/t18-/m1/s1. The molecule has 1 amide bonds. The van der Waals surface area contributed by atoms with Gasteiger partial charge in [0.1, 0.15) is 0 Å². The molecule has 2 aromatic rings. The number of fused-ring (bicyclic) bond motifs is 1. The summed E-state index contributed by atoms with van der Waals surface area (Å²) in [5.41, 5.74) is 4.50. The van der Waals surface area contributed by atoms with Gasteiger partial charge < -0.3 is 4.90 Å². The summed E-state index contributed by atoms with van der Waals surface area (Å²) < 4.78 is 0. The van der Waals surface area contributed by atoms with Crippen molar-refractivity contribution >= 4 is 5.91 Å². The summed E-state index contributed by atoms with van der Waals surface area (Å²) in [6.45, 7) is 0.803. The second kappa shape index (κ2) is 6.11. The van der Waals surface area contributed by atoms with Gasteiger partial charge in [0.05, 0.1) is 17.9 Å². The van der Waals surface area contributed by atoms with E-state index in [2.05, 4.69) is 22.1 Å². The molecule has 1 aromatic heterocycles. The van der Waals surface area contributed by atoms with Crippen LogP contribution in [0.2, 0.25) is 0 Å². The van der Waals surface area contributed by atoms with Crippen molar-refractivity contribution in [1.82, 2.24) is 14.9 Å². The lowest BCUT2D eigenvalue weighted by Gasteiger charge is -2.25. The van der Waals surface area contributed by atoms with Crippen molar-refractivity contribution in [1.29, 1.82) is 0 Å². The van der Waals surface area contributed by atoms with Crippen molar-refractivity contribution in [2.45, 2.75) is 44.6 Å². The maximum Gasteiger partial charge on any atom is 0.254 e. The average Bonchev–Trinajstić information content (AvgIpc) is 3.11. The molecule has 4 rings (SSSR count). The Labute approximate surface area is 136 Å². The summed E-state index contributed by atoms with van der Waals surface area (Å²) in [6.07, 6.45) is 11.9. The Morgan fingerprint density at radius 2 is 1.96 bits per heavy atom. The Morgan fingerprint density at radius 3 is 2.78 bits per heavy atom. The number of carbonyl (C=O) groups excluding carboxylic acids is 1. The van der Waals surface area contributed by atoms with Crippen LogP contribution in [0.25, 0.3) is 0 Å². The van der Waals surface area contributed by atoms with Gasteiger partial charge in [-0.3, -0.25) is 14.8 Å².